The largest absolute Gasteiger partial charge is 0.493 e. The van der Waals surface area contributed by atoms with Crippen LogP contribution in [0.2, 0.25) is 0 Å². The van der Waals surface area contributed by atoms with Crippen molar-refractivity contribution in [1.82, 2.24) is 4.90 Å². The molecule has 1 aromatic heterocycles. The van der Waals surface area contributed by atoms with Crippen molar-refractivity contribution >= 4 is 21.9 Å². The molecule has 0 saturated carbocycles. The number of hydrogen-bond donors (Lipinski definition) is 0. The smallest absolute Gasteiger partial charge is 0.200 e. The first-order valence-corrected chi connectivity index (χ1v) is 10.0. The van der Waals surface area contributed by atoms with Crippen LogP contribution in [-0.4, -0.2) is 25.1 Å². The quantitative estimate of drug-likeness (QED) is 0.306. The van der Waals surface area contributed by atoms with Gasteiger partial charge in [-0.25, -0.2) is 0 Å². The van der Waals surface area contributed by atoms with Gasteiger partial charge in [0.15, 0.2) is 0 Å². The molecule has 0 saturated heterocycles. The summed E-state index contributed by atoms with van der Waals surface area (Å²) in [6.45, 7) is 2.62. The molecule has 0 fully saturated rings. The van der Waals surface area contributed by atoms with Crippen LogP contribution < -0.4 is 10.2 Å². The van der Waals surface area contributed by atoms with E-state index in [0.717, 1.165) is 31.7 Å². The molecular weight excluding hydrogens is 362 g/mol. The molecule has 1 heterocycles. The van der Waals surface area contributed by atoms with Crippen LogP contribution in [0.25, 0.3) is 21.9 Å². The van der Waals surface area contributed by atoms with Gasteiger partial charge in [-0.1, -0.05) is 42.5 Å². The Morgan fingerprint density at radius 3 is 2.48 bits per heavy atom. The number of benzene rings is 3. The van der Waals surface area contributed by atoms with E-state index in [9.17, 15) is 4.79 Å². The van der Waals surface area contributed by atoms with E-state index in [1.165, 1.54) is 5.56 Å². The molecular formula is C25H25NO3. The molecule has 4 heteroatoms. The van der Waals surface area contributed by atoms with E-state index in [4.69, 9.17) is 9.15 Å². The Labute approximate surface area is 170 Å². The summed E-state index contributed by atoms with van der Waals surface area (Å²) < 4.78 is 11.8. The van der Waals surface area contributed by atoms with E-state index in [0.29, 0.717) is 28.5 Å². The molecule has 4 nitrogen and oxygen atoms in total. The first kappa shape index (κ1) is 19.2. The minimum atomic E-state index is -0.00477. The van der Waals surface area contributed by atoms with Crippen molar-refractivity contribution in [3.8, 4) is 5.75 Å². The zero-order chi connectivity index (χ0) is 20.1. The van der Waals surface area contributed by atoms with Crippen molar-refractivity contribution in [1.29, 1.82) is 0 Å². The maximum Gasteiger partial charge on any atom is 0.200 e. The summed E-state index contributed by atoms with van der Waals surface area (Å²) in [6.07, 6.45) is 2.04. The fourth-order valence-corrected chi connectivity index (χ4v) is 3.52. The molecule has 3 aromatic carbocycles. The minimum Gasteiger partial charge on any atom is -0.493 e. The van der Waals surface area contributed by atoms with E-state index in [1.54, 1.807) is 12.1 Å². The van der Waals surface area contributed by atoms with Crippen molar-refractivity contribution in [3.63, 3.8) is 0 Å². The average molecular weight is 387 g/mol. The molecule has 4 rings (SSSR count). The van der Waals surface area contributed by atoms with Crippen molar-refractivity contribution in [2.45, 2.75) is 19.4 Å². The van der Waals surface area contributed by atoms with Crippen LogP contribution >= 0.6 is 0 Å². The van der Waals surface area contributed by atoms with Gasteiger partial charge < -0.3 is 14.1 Å². The summed E-state index contributed by atoms with van der Waals surface area (Å²) in [5, 5.41) is 1.19. The van der Waals surface area contributed by atoms with E-state index in [-0.39, 0.29) is 5.43 Å². The second-order valence-corrected chi connectivity index (χ2v) is 7.36. The zero-order valence-electron chi connectivity index (χ0n) is 16.6. The number of para-hydroxylation sites is 1. The van der Waals surface area contributed by atoms with Gasteiger partial charge in [0.1, 0.15) is 16.9 Å². The third-order valence-electron chi connectivity index (χ3n) is 5.05. The Bertz CT molecular complexity index is 1150. The number of ether oxygens (including phenoxy) is 1. The highest BCUT2D eigenvalue weighted by atomic mass is 16.5. The summed E-state index contributed by atoms with van der Waals surface area (Å²) in [4.78, 5) is 14.9. The van der Waals surface area contributed by atoms with Crippen molar-refractivity contribution in [2.75, 3.05) is 20.2 Å². The molecule has 4 aromatic rings. The van der Waals surface area contributed by atoms with E-state index < -0.39 is 0 Å². The van der Waals surface area contributed by atoms with Gasteiger partial charge in [-0.2, -0.15) is 0 Å². The van der Waals surface area contributed by atoms with Gasteiger partial charge in [-0.3, -0.25) is 4.79 Å². The highest BCUT2D eigenvalue weighted by molar-refractivity contribution is 5.90. The molecule has 0 aliphatic heterocycles. The lowest BCUT2D eigenvalue weighted by Crippen LogP contribution is -2.19. The predicted octanol–water partition coefficient (Wildman–Crippen LogP) is 5.24. The normalized spacial score (nSPS) is 11.4. The number of hydrogen-bond acceptors (Lipinski definition) is 4. The second-order valence-electron chi connectivity index (χ2n) is 7.36. The van der Waals surface area contributed by atoms with Crippen LogP contribution in [0.1, 0.15) is 18.4 Å². The van der Waals surface area contributed by atoms with E-state index in [2.05, 4.69) is 36.2 Å². The van der Waals surface area contributed by atoms with Crippen molar-refractivity contribution in [3.05, 3.63) is 88.6 Å². The Morgan fingerprint density at radius 2 is 1.62 bits per heavy atom. The first-order valence-electron chi connectivity index (χ1n) is 10.0. The Hall–Kier alpha value is -3.11. The minimum absolute atomic E-state index is 0.00477. The molecule has 29 heavy (non-hydrogen) atoms. The third-order valence-corrected chi connectivity index (χ3v) is 5.05. The second kappa shape index (κ2) is 8.93. The molecule has 0 unspecified atom stereocenters. The Kier molecular flexibility index (Phi) is 5.92. The molecule has 0 aliphatic rings. The van der Waals surface area contributed by atoms with Gasteiger partial charge >= 0.3 is 0 Å². The topological polar surface area (TPSA) is 42.7 Å². The average Bonchev–Trinajstić information content (AvgIpc) is 2.74. The summed E-state index contributed by atoms with van der Waals surface area (Å²) in [5.41, 5.74) is 2.49. The molecule has 0 atom stereocenters. The monoisotopic (exact) mass is 387 g/mol. The Balaban J connectivity index is 1.31. The summed E-state index contributed by atoms with van der Waals surface area (Å²) >= 11 is 0. The van der Waals surface area contributed by atoms with Crippen LogP contribution in [0.4, 0.5) is 0 Å². The van der Waals surface area contributed by atoms with Gasteiger partial charge in [-0.15, -0.1) is 0 Å². The standard InChI is InChI=1S/C25H25NO3/c1-26(18-19-9-3-2-4-10-19)15-7-8-16-28-20-13-14-22-24(17-20)29-23-12-6-5-11-21(23)25(22)27/h2-6,9-14,17H,7-8,15-16,18H2,1H3. The van der Waals surface area contributed by atoms with Gasteiger partial charge in [0.05, 0.1) is 17.4 Å². The van der Waals surface area contributed by atoms with Crippen LogP contribution in [0.15, 0.2) is 82.0 Å². The highest BCUT2D eigenvalue weighted by Crippen LogP contribution is 2.23. The first-order chi connectivity index (χ1) is 14.2. The molecule has 0 amide bonds. The van der Waals surface area contributed by atoms with Crippen LogP contribution in [0, 0.1) is 0 Å². The van der Waals surface area contributed by atoms with Gasteiger partial charge in [-0.05, 0) is 56.3 Å². The number of unbranched alkanes of at least 4 members (excludes halogenated alkanes) is 1. The Morgan fingerprint density at radius 1 is 0.862 bits per heavy atom. The van der Waals surface area contributed by atoms with Gasteiger partial charge in [0.25, 0.3) is 0 Å². The lowest BCUT2D eigenvalue weighted by molar-refractivity contribution is 0.276. The highest BCUT2D eigenvalue weighted by Gasteiger charge is 2.08. The zero-order valence-corrected chi connectivity index (χ0v) is 16.6. The maximum absolute atomic E-state index is 12.6. The van der Waals surface area contributed by atoms with Crippen molar-refractivity contribution < 1.29 is 9.15 Å². The molecule has 0 radical (unpaired) electrons. The van der Waals surface area contributed by atoms with Gasteiger partial charge in [0, 0.05) is 12.6 Å². The van der Waals surface area contributed by atoms with E-state index in [1.807, 2.05) is 36.4 Å². The van der Waals surface area contributed by atoms with Crippen LogP contribution in [0.3, 0.4) is 0 Å². The van der Waals surface area contributed by atoms with Gasteiger partial charge in [0.2, 0.25) is 5.43 Å². The number of rotatable bonds is 8. The van der Waals surface area contributed by atoms with Crippen LogP contribution in [-0.2, 0) is 6.54 Å². The lowest BCUT2D eigenvalue weighted by atomic mass is 10.1. The summed E-state index contributed by atoms with van der Waals surface area (Å²) in [6, 6.07) is 23.3. The molecule has 0 bridgehead atoms. The summed E-state index contributed by atoms with van der Waals surface area (Å²) in [7, 11) is 2.14. The fraction of sp³-hybridized carbons (Fsp3) is 0.240. The molecule has 0 spiro atoms. The lowest BCUT2D eigenvalue weighted by Gasteiger charge is -2.16. The SMILES string of the molecule is CN(CCCCOc1ccc2c(=O)c3ccccc3oc2c1)Cc1ccccc1. The van der Waals surface area contributed by atoms with Crippen molar-refractivity contribution in [2.24, 2.45) is 0 Å². The van der Waals surface area contributed by atoms with Crippen LogP contribution in [0.5, 0.6) is 5.75 Å². The van der Waals surface area contributed by atoms with E-state index >= 15 is 0 Å². The predicted molar refractivity (Wildman–Crippen MR) is 117 cm³/mol. The molecule has 0 aliphatic carbocycles. The number of fused-ring (bicyclic) bond motifs is 2. The third kappa shape index (κ3) is 4.66. The number of nitrogens with zero attached hydrogens (tertiary/aromatic N) is 1. The fourth-order valence-electron chi connectivity index (χ4n) is 3.52. The maximum atomic E-state index is 12.6. The molecule has 0 N–H and O–H groups in total. The molecule has 148 valence electrons. The summed E-state index contributed by atoms with van der Waals surface area (Å²) in [5.74, 6) is 0.730.